The first-order chi connectivity index (χ1) is 16.4. The van der Waals surface area contributed by atoms with Gasteiger partial charge in [-0.05, 0) is 48.5 Å². The summed E-state index contributed by atoms with van der Waals surface area (Å²) in [6.45, 7) is -0.486. The third kappa shape index (κ3) is 6.62. The predicted octanol–water partition coefficient (Wildman–Crippen LogP) is 4.11. The minimum Gasteiger partial charge on any atom is -0.497 e. The minimum absolute atomic E-state index is 0.0358. The molecule has 0 radical (unpaired) electrons. The molecule has 0 spiro atoms. The van der Waals surface area contributed by atoms with Gasteiger partial charge in [0.05, 0.1) is 23.8 Å². The number of esters is 1. The van der Waals surface area contributed by atoms with Crippen molar-refractivity contribution in [3.05, 3.63) is 92.4 Å². The van der Waals surface area contributed by atoms with Crippen LogP contribution in [0.2, 0.25) is 0 Å². The van der Waals surface area contributed by atoms with E-state index in [1.807, 2.05) is 0 Å². The van der Waals surface area contributed by atoms with Gasteiger partial charge in [0.15, 0.2) is 12.4 Å². The van der Waals surface area contributed by atoms with Gasteiger partial charge in [-0.15, -0.1) is 0 Å². The van der Waals surface area contributed by atoms with Crippen molar-refractivity contribution in [2.45, 2.75) is 0 Å². The molecule has 0 aliphatic carbocycles. The van der Waals surface area contributed by atoms with Crippen molar-refractivity contribution < 1.29 is 28.7 Å². The number of nitrogens with zero attached hydrogens (tertiary/aromatic N) is 2. The van der Waals surface area contributed by atoms with E-state index in [-0.39, 0.29) is 17.2 Å². The van der Waals surface area contributed by atoms with E-state index in [1.165, 1.54) is 31.5 Å². The average molecular weight is 528 g/mol. The summed E-state index contributed by atoms with van der Waals surface area (Å²) in [7, 11) is 1.52. The normalized spacial score (nSPS) is 10.5. The van der Waals surface area contributed by atoms with E-state index in [0.29, 0.717) is 21.3 Å². The third-order valence-electron chi connectivity index (χ3n) is 4.31. The molecule has 1 N–H and O–H groups in total. The summed E-state index contributed by atoms with van der Waals surface area (Å²) in [6.07, 6.45) is 1.30. The van der Waals surface area contributed by atoms with Crippen molar-refractivity contribution in [1.29, 1.82) is 0 Å². The number of ether oxygens (including phenoxy) is 3. The molecule has 0 aliphatic rings. The number of rotatable bonds is 9. The fourth-order valence-corrected chi connectivity index (χ4v) is 3.06. The third-order valence-corrected chi connectivity index (χ3v) is 4.81. The molecule has 0 saturated carbocycles. The zero-order valence-corrected chi connectivity index (χ0v) is 19.4. The van der Waals surface area contributed by atoms with E-state index in [2.05, 4.69) is 26.5 Å². The first kappa shape index (κ1) is 24.4. The Labute approximate surface area is 202 Å². The number of hydrogen-bond donors (Lipinski definition) is 1. The number of hydrazone groups is 1. The van der Waals surface area contributed by atoms with Crippen LogP contribution < -0.4 is 19.6 Å². The van der Waals surface area contributed by atoms with Crippen LogP contribution in [-0.2, 0) is 4.79 Å². The summed E-state index contributed by atoms with van der Waals surface area (Å²) in [6, 6.07) is 17.1. The lowest BCUT2D eigenvalue weighted by atomic mass is 10.2. The number of hydrogen-bond acceptors (Lipinski definition) is 8. The summed E-state index contributed by atoms with van der Waals surface area (Å²) in [5.74, 6) is -0.429. The van der Waals surface area contributed by atoms with Crippen LogP contribution in [0.3, 0.4) is 0 Å². The topological polar surface area (TPSA) is 129 Å². The molecule has 0 heterocycles. The van der Waals surface area contributed by atoms with Crippen LogP contribution in [0.4, 0.5) is 5.69 Å². The quantitative estimate of drug-likeness (QED) is 0.145. The Bertz CT molecular complexity index is 1230. The summed E-state index contributed by atoms with van der Waals surface area (Å²) < 4.78 is 16.4. The highest BCUT2D eigenvalue weighted by Crippen LogP contribution is 2.26. The van der Waals surface area contributed by atoms with Crippen LogP contribution in [0.15, 0.2) is 76.3 Å². The molecule has 0 aromatic heterocycles. The molecule has 0 atom stereocenters. The Balaban J connectivity index is 1.63. The number of benzene rings is 3. The maximum Gasteiger partial charge on any atom is 0.343 e. The molecule has 10 nitrogen and oxygen atoms in total. The second-order valence-electron chi connectivity index (χ2n) is 6.61. The molecule has 0 bridgehead atoms. The molecular formula is C23H18BrN3O7. The number of nitrogens with one attached hydrogen (secondary N) is 1. The minimum atomic E-state index is -0.638. The first-order valence-corrected chi connectivity index (χ1v) is 10.5. The van der Waals surface area contributed by atoms with Crippen LogP contribution in [-0.4, -0.2) is 36.7 Å². The number of nitro groups is 1. The van der Waals surface area contributed by atoms with E-state index >= 15 is 0 Å². The van der Waals surface area contributed by atoms with Gasteiger partial charge < -0.3 is 14.2 Å². The predicted molar refractivity (Wildman–Crippen MR) is 126 cm³/mol. The van der Waals surface area contributed by atoms with Gasteiger partial charge in [-0.1, -0.05) is 28.1 Å². The molecule has 0 fully saturated rings. The highest BCUT2D eigenvalue weighted by Gasteiger charge is 2.15. The Kier molecular flexibility index (Phi) is 8.30. The van der Waals surface area contributed by atoms with Crippen molar-refractivity contribution in [3.8, 4) is 17.2 Å². The van der Waals surface area contributed by atoms with Gasteiger partial charge in [0.2, 0.25) is 0 Å². The van der Waals surface area contributed by atoms with E-state index < -0.39 is 23.4 Å². The zero-order chi connectivity index (χ0) is 24.5. The van der Waals surface area contributed by atoms with Gasteiger partial charge in [0.1, 0.15) is 11.5 Å². The Morgan fingerprint density at radius 1 is 1.09 bits per heavy atom. The molecule has 0 unspecified atom stereocenters. The first-order valence-electron chi connectivity index (χ1n) is 9.71. The molecule has 3 rings (SSSR count). The number of para-hydroxylation sites is 2. The van der Waals surface area contributed by atoms with Crippen LogP contribution in [0.1, 0.15) is 15.9 Å². The SMILES string of the molecule is COc1ccc(C(=O)Oc2ccc(Br)cc2C=NNC(=O)COc2ccccc2[N+](=O)[O-])cc1. The molecule has 0 saturated heterocycles. The van der Waals surface area contributed by atoms with E-state index in [1.54, 1.807) is 48.5 Å². The van der Waals surface area contributed by atoms with Crippen molar-refractivity contribution in [2.75, 3.05) is 13.7 Å². The molecule has 1 amide bonds. The second-order valence-corrected chi connectivity index (χ2v) is 7.52. The largest absolute Gasteiger partial charge is 0.497 e. The summed E-state index contributed by atoms with van der Waals surface area (Å²) in [5, 5.41) is 14.9. The average Bonchev–Trinajstić information content (AvgIpc) is 2.84. The van der Waals surface area contributed by atoms with E-state index in [9.17, 15) is 19.7 Å². The van der Waals surface area contributed by atoms with Crippen LogP contribution in [0.25, 0.3) is 0 Å². The van der Waals surface area contributed by atoms with Gasteiger partial charge >= 0.3 is 11.7 Å². The number of methoxy groups -OCH3 is 1. The molecule has 3 aromatic carbocycles. The molecular weight excluding hydrogens is 510 g/mol. The van der Waals surface area contributed by atoms with E-state index in [0.717, 1.165) is 0 Å². The lowest BCUT2D eigenvalue weighted by Crippen LogP contribution is -2.24. The van der Waals surface area contributed by atoms with Crippen molar-refractivity contribution in [3.63, 3.8) is 0 Å². The van der Waals surface area contributed by atoms with Crippen molar-refractivity contribution >= 4 is 39.7 Å². The Morgan fingerprint density at radius 2 is 1.82 bits per heavy atom. The van der Waals surface area contributed by atoms with E-state index in [4.69, 9.17) is 14.2 Å². The number of amides is 1. The van der Waals surface area contributed by atoms with Gasteiger partial charge in [0, 0.05) is 16.1 Å². The molecule has 34 heavy (non-hydrogen) atoms. The Morgan fingerprint density at radius 3 is 2.53 bits per heavy atom. The van der Waals surface area contributed by atoms with Crippen molar-refractivity contribution in [2.24, 2.45) is 5.10 Å². The summed E-state index contributed by atoms with van der Waals surface area (Å²) >= 11 is 3.33. The molecule has 11 heteroatoms. The summed E-state index contributed by atoms with van der Waals surface area (Å²) in [4.78, 5) is 34.9. The number of halogens is 1. The van der Waals surface area contributed by atoms with Gasteiger partial charge in [-0.25, -0.2) is 10.2 Å². The monoisotopic (exact) mass is 527 g/mol. The van der Waals surface area contributed by atoms with Gasteiger partial charge in [-0.3, -0.25) is 14.9 Å². The summed E-state index contributed by atoms with van der Waals surface area (Å²) in [5.41, 5.74) is 2.75. The zero-order valence-electron chi connectivity index (χ0n) is 17.8. The van der Waals surface area contributed by atoms with Crippen LogP contribution in [0, 0.1) is 10.1 Å². The van der Waals surface area contributed by atoms with Crippen LogP contribution >= 0.6 is 15.9 Å². The highest BCUT2D eigenvalue weighted by atomic mass is 79.9. The fraction of sp³-hybridized carbons (Fsp3) is 0.0870. The van der Waals surface area contributed by atoms with Gasteiger partial charge in [0.25, 0.3) is 5.91 Å². The molecule has 3 aromatic rings. The maximum atomic E-state index is 12.5. The van der Waals surface area contributed by atoms with Gasteiger partial charge in [-0.2, -0.15) is 5.10 Å². The lowest BCUT2D eigenvalue weighted by Gasteiger charge is -2.09. The smallest absolute Gasteiger partial charge is 0.343 e. The number of carbonyl (C=O) groups excluding carboxylic acids is 2. The number of carbonyl (C=O) groups is 2. The van der Waals surface area contributed by atoms with Crippen molar-refractivity contribution in [1.82, 2.24) is 5.43 Å². The standard InChI is InChI=1S/C23H18BrN3O7/c1-32-18-9-6-15(7-10-18)23(29)34-20-11-8-17(24)12-16(20)13-25-26-22(28)14-33-21-5-3-2-4-19(21)27(30)31/h2-13H,14H2,1H3,(H,26,28). The Hall–Kier alpha value is -4.25. The number of nitro benzene ring substituents is 1. The fourth-order valence-electron chi connectivity index (χ4n) is 2.68. The second kappa shape index (κ2) is 11.6. The lowest BCUT2D eigenvalue weighted by molar-refractivity contribution is -0.385. The molecule has 0 aliphatic heterocycles. The maximum absolute atomic E-state index is 12.5. The highest BCUT2D eigenvalue weighted by molar-refractivity contribution is 9.10. The molecule has 174 valence electrons. The van der Waals surface area contributed by atoms with Crippen LogP contribution in [0.5, 0.6) is 17.2 Å².